The second kappa shape index (κ2) is 7.05. The number of benzene rings is 2. The van der Waals surface area contributed by atoms with Crippen LogP contribution in [0.15, 0.2) is 47.4 Å². The number of hydrogen-bond donors (Lipinski definition) is 1. The Morgan fingerprint density at radius 3 is 2.86 bits per heavy atom. The summed E-state index contributed by atoms with van der Waals surface area (Å²) in [6.45, 7) is 2.52. The van der Waals surface area contributed by atoms with E-state index in [1.807, 2.05) is 11.5 Å². The second-order valence-corrected chi connectivity index (χ2v) is 7.16. The van der Waals surface area contributed by atoms with Crippen molar-refractivity contribution in [2.75, 3.05) is 12.4 Å². The molecule has 0 aliphatic rings. The van der Waals surface area contributed by atoms with Crippen LogP contribution in [-0.4, -0.2) is 22.6 Å². The zero-order chi connectivity index (χ0) is 19.8. The van der Waals surface area contributed by atoms with E-state index in [0.717, 1.165) is 16.9 Å². The molecule has 0 bridgehead atoms. The van der Waals surface area contributed by atoms with E-state index in [1.165, 1.54) is 19.2 Å². The van der Waals surface area contributed by atoms with Gasteiger partial charge in [-0.2, -0.15) is 0 Å². The first-order valence-electron chi connectivity index (χ1n) is 8.58. The first-order chi connectivity index (χ1) is 13.5. The zero-order valence-electron chi connectivity index (χ0n) is 15.2. The highest BCUT2D eigenvalue weighted by atomic mass is 32.1. The van der Waals surface area contributed by atoms with Gasteiger partial charge in [-0.15, -0.1) is 0 Å². The van der Waals surface area contributed by atoms with Crippen molar-refractivity contribution in [1.82, 2.24) is 9.55 Å². The van der Waals surface area contributed by atoms with Crippen molar-refractivity contribution in [3.8, 4) is 5.75 Å². The molecule has 1 N–H and O–H groups in total. The molecule has 0 unspecified atom stereocenters. The molecule has 0 atom stereocenters. The number of hydrogen-bond acceptors (Lipinski definition) is 5. The summed E-state index contributed by atoms with van der Waals surface area (Å²) >= 11 is 1.15. The van der Waals surface area contributed by atoms with E-state index in [-0.39, 0.29) is 16.8 Å². The number of carbonyl (C=O) groups is 1. The van der Waals surface area contributed by atoms with Gasteiger partial charge in [-0.3, -0.25) is 14.9 Å². The van der Waals surface area contributed by atoms with E-state index >= 15 is 0 Å². The van der Waals surface area contributed by atoms with Gasteiger partial charge in [0.2, 0.25) is 5.43 Å². The molecule has 2 aromatic heterocycles. The number of pyridine rings is 1. The van der Waals surface area contributed by atoms with Gasteiger partial charge in [0.05, 0.1) is 28.2 Å². The number of aromatic nitrogens is 2. The second-order valence-electron chi connectivity index (χ2n) is 6.13. The van der Waals surface area contributed by atoms with E-state index in [0.29, 0.717) is 33.0 Å². The molecule has 0 aliphatic carbocycles. The minimum atomic E-state index is -0.559. The number of anilines is 1. The molecular formula is C20H16FN3O3S. The van der Waals surface area contributed by atoms with E-state index in [2.05, 4.69) is 10.3 Å². The summed E-state index contributed by atoms with van der Waals surface area (Å²) in [7, 11) is 1.52. The Morgan fingerprint density at radius 1 is 1.29 bits per heavy atom. The highest BCUT2D eigenvalue weighted by Crippen LogP contribution is 2.27. The van der Waals surface area contributed by atoms with Gasteiger partial charge in [0.15, 0.2) is 5.13 Å². The van der Waals surface area contributed by atoms with Crippen molar-refractivity contribution in [1.29, 1.82) is 0 Å². The molecule has 2 aromatic carbocycles. The van der Waals surface area contributed by atoms with E-state index < -0.39 is 5.91 Å². The van der Waals surface area contributed by atoms with Crippen LogP contribution < -0.4 is 15.5 Å². The van der Waals surface area contributed by atoms with Gasteiger partial charge in [0.1, 0.15) is 17.1 Å². The molecule has 142 valence electrons. The fourth-order valence-electron chi connectivity index (χ4n) is 3.04. The summed E-state index contributed by atoms with van der Waals surface area (Å²) in [5.74, 6) is -0.391. The van der Waals surface area contributed by atoms with Crippen LogP contribution in [0.2, 0.25) is 0 Å². The molecule has 0 aliphatic heterocycles. The average molecular weight is 397 g/mol. The smallest absolute Gasteiger partial charge is 0.262 e. The van der Waals surface area contributed by atoms with Crippen molar-refractivity contribution in [2.24, 2.45) is 0 Å². The van der Waals surface area contributed by atoms with E-state index in [4.69, 9.17) is 4.74 Å². The van der Waals surface area contributed by atoms with Gasteiger partial charge in [0, 0.05) is 12.7 Å². The molecule has 0 saturated carbocycles. The third kappa shape index (κ3) is 3.11. The third-order valence-corrected chi connectivity index (χ3v) is 5.38. The summed E-state index contributed by atoms with van der Waals surface area (Å²) in [6.07, 6.45) is 1.54. The number of thiazole rings is 1. The number of nitrogens with one attached hydrogen (secondary N) is 1. The van der Waals surface area contributed by atoms with Gasteiger partial charge in [-0.1, -0.05) is 11.3 Å². The quantitative estimate of drug-likeness (QED) is 0.564. The van der Waals surface area contributed by atoms with Crippen LogP contribution in [0, 0.1) is 5.82 Å². The minimum Gasteiger partial charge on any atom is -0.497 e. The highest BCUT2D eigenvalue weighted by Gasteiger charge is 2.17. The van der Waals surface area contributed by atoms with E-state index in [1.54, 1.807) is 30.5 Å². The molecule has 1 amide bonds. The molecule has 8 heteroatoms. The Bertz CT molecular complexity index is 1280. The molecule has 0 saturated heterocycles. The molecule has 4 aromatic rings. The first kappa shape index (κ1) is 18.1. The summed E-state index contributed by atoms with van der Waals surface area (Å²) in [5, 5.41) is 3.36. The Labute approximate surface area is 163 Å². The van der Waals surface area contributed by atoms with Gasteiger partial charge >= 0.3 is 0 Å². The van der Waals surface area contributed by atoms with Crippen LogP contribution >= 0.6 is 11.3 Å². The predicted octanol–water partition coefficient (Wildman–Crippen LogP) is 4.03. The van der Waals surface area contributed by atoms with Crippen LogP contribution in [-0.2, 0) is 6.54 Å². The monoisotopic (exact) mass is 397 g/mol. The van der Waals surface area contributed by atoms with Crippen molar-refractivity contribution >= 4 is 43.5 Å². The molecule has 6 nitrogen and oxygen atoms in total. The van der Waals surface area contributed by atoms with Crippen LogP contribution in [0.4, 0.5) is 9.52 Å². The van der Waals surface area contributed by atoms with Crippen LogP contribution in [0.3, 0.4) is 0 Å². The number of nitrogens with zero attached hydrogens (tertiary/aromatic N) is 2. The number of aryl methyl sites for hydroxylation is 1. The van der Waals surface area contributed by atoms with Crippen molar-refractivity contribution in [2.45, 2.75) is 13.5 Å². The van der Waals surface area contributed by atoms with Crippen LogP contribution in [0.25, 0.3) is 21.1 Å². The van der Waals surface area contributed by atoms with Gasteiger partial charge in [0.25, 0.3) is 5.91 Å². The molecule has 0 radical (unpaired) electrons. The molecule has 2 heterocycles. The van der Waals surface area contributed by atoms with Crippen LogP contribution in [0.5, 0.6) is 5.75 Å². The minimum absolute atomic E-state index is 0.00744. The maximum absolute atomic E-state index is 13.4. The summed E-state index contributed by atoms with van der Waals surface area (Å²) < 4.78 is 21.0. The Kier molecular flexibility index (Phi) is 4.56. The number of fused-ring (bicyclic) bond motifs is 2. The lowest BCUT2D eigenvalue weighted by molar-refractivity contribution is 0.102. The standard InChI is InChI=1S/C20H16FN3O3S/c1-3-24-10-14(18(25)13-9-12(27-2)5-7-16(13)24)19(26)23-20-22-15-6-4-11(21)8-17(15)28-20/h4-10H,3H2,1-2H3,(H,22,23,26). The molecule has 4 rings (SSSR count). The lowest BCUT2D eigenvalue weighted by atomic mass is 10.1. The maximum Gasteiger partial charge on any atom is 0.262 e. The zero-order valence-corrected chi connectivity index (χ0v) is 16.0. The number of amides is 1. The number of rotatable bonds is 4. The maximum atomic E-state index is 13.4. The Balaban J connectivity index is 1.77. The largest absolute Gasteiger partial charge is 0.497 e. The van der Waals surface area contributed by atoms with Crippen molar-refractivity contribution < 1.29 is 13.9 Å². The highest BCUT2D eigenvalue weighted by molar-refractivity contribution is 7.22. The average Bonchev–Trinajstić information content (AvgIpc) is 3.09. The fraction of sp³-hybridized carbons (Fsp3) is 0.150. The number of methoxy groups -OCH3 is 1. The number of halogens is 1. The van der Waals surface area contributed by atoms with E-state index in [9.17, 15) is 14.0 Å². The van der Waals surface area contributed by atoms with Crippen molar-refractivity contribution in [3.63, 3.8) is 0 Å². The van der Waals surface area contributed by atoms with Gasteiger partial charge in [-0.05, 0) is 43.3 Å². The summed E-state index contributed by atoms with van der Waals surface area (Å²) in [4.78, 5) is 30.0. The topological polar surface area (TPSA) is 73.2 Å². The summed E-state index contributed by atoms with van der Waals surface area (Å²) in [5.41, 5.74) is 0.924. The lowest BCUT2D eigenvalue weighted by Gasteiger charge is -2.12. The molecule has 28 heavy (non-hydrogen) atoms. The number of carbonyl (C=O) groups excluding carboxylic acids is 1. The normalized spacial score (nSPS) is 11.1. The molecular weight excluding hydrogens is 381 g/mol. The Morgan fingerprint density at radius 2 is 2.11 bits per heavy atom. The van der Waals surface area contributed by atoms with Gasteiger partial charge < -0.3 is 9.30 Å². The fourth-order valence-corrected chi connectivity index (χ4v) is 3.93. The first-order valence-corrected chi connectivity index (χ1v) is 9.40. The molecule has 0 spiro atoms. The Hall–Kier alpha value is -3.26. The summed E-state index contributed by atoms with van der Waals surface area (Å²) in [6, 6.07) is 9.40. The van der Waals surface area contributed by atoms with Gasteiger partial charge in [-0.25, -0.2) is 9.37 Å². The third-order valence-electron chi connectivity index (χ3n) is 4.44. The van der Waals surface area contributed by atoms with Crippen molar-refractivity contribution in [3.05, 3.63) is 64.2 Å². The SMILES string of the molecule is CCn1cc(C(=O)Nc2nc3ccc(F)cc3s2)c(=O)c2cc(OC)ccc21. The lowest BCUT2D eigenvalue weighted by Crippen LogP contribution is -2.23. The predicted molar refractivity (Wildman–Crippen MR) is 108 cm³/mol. The number of ether oxygens (including phenoxy) is 1. The molecule has 0 fully saturated rings. The van der Waals surface area contributed by atoms with Crippen LogP contribution in [0.1, 0.15) is 17.3 Å².